The Morgan fingerprint density at radius 3 is 2.24 bits per heavy atom. The van der Waals surface area contributed by atoms with E-state index in [1.165, 1.54) is 11.0 Å². The van der Waals surface area contributed by atoms with E-state index < -0.39 is 29.7 Å². The molecule has 2 aromatic carbocycles. The average molecular weight is 586 g/mol. The molecule has 0 aromatic heterocycles. The summed E-state index contributed by atoms with van der Waals surface area (Å²) >= 11 is 4.36. The van der Waals surface area contributed by atoms with Gasteiger partial charge in [-0.25, -0.2) is 4.79 Å². The number of phenols is 1. The zero-order chi connectivity index (χ0) is 30.6. The molecule has 0 bridgehead atoms. The van der Waals surface area contributed by atoms with Gasteiger partial charge in [-0.3, -0.25) is 9.59 Å². The molecule has 0 radical (unpaired) electrons. The molecule has 3 amide bonds. The zero-order valence-electron chi connectivity index (χ0n) is 25.3. The van der Waals surface area contributed by atoms with Crippen LogP contribution in [0.1, 0.15) is 89.0 Å². The number of para-hydroxylation sites is 1. The third kappa shape index (κ3) is 10.9. The molecule has 0 saturated carbocycles. The maximum absolute atomic E-state index is 14.1. The van der Waals surface area contributed by atoms with Gasteiger partial charge in [0.25, 0.3) is 5.91 Å². The van der Waals surface area contributed by atoms with Crippen LogP contribution in [0.15, 0.2) is 42.5 Å². The number of benzene rings is 2. The van der Waals surface area contributed by atoms with Crippen molar-refractivity contribution in [2.75, 3.05) is 17.6 Å². The SMILES string of the molecule is CCCCCCCCN(C(=O)C(CS)NC(=O)OC(C)(C)C)C(C(=O)Nc1ccccc1C)c1ccc(O)c(C)c1. The normalized spacial score (nSPS) is 12.8. The number of carbonyl (C=O) groups excluding carboxylic acids is 3. The number of hydrogen-bond donors (Lipinski definition) is 4. The number of nitrogens with one attached hydrogen (secondary N) is 2. The number of anilines is 1. The number of ether oxygens (including phenoxy) is 1. The second-order valence-corrected chi connectivity index (χ2v) is 11.8. The highest BCUT2D eigenvalue weighted by atomic mass is 32.1. The Balaban J connectivity index is 2.49. The molecule has 9 heteroatoms. The van der Waals surface area contributed by atoms with Crippen LogP contribution in [0.3, 0.4) is 0 Å². The summed E-state index contributed by atoms with van der Waals surface area (Å²) in [5, 5.41) is 15.8. The summed E-state index contributed by atoms with van der Waals surface area (Å²) in [6.45, 7) is 11.3. The standard InChI is InChI=1S/C32H47N3O5S/c1-7-8-9-10-11-14-19-35(30(38)26(21-41)34-31(39)40-32(4,5)6)28(24-17-18-27(36)23(3)20-24)29(37)33-25-16-13-12-15-22(25)2/h12-13,15-18,20,26,28,36,41H,7-11,14,19,21H2,1-6H3,(H,33,37)(H,34,39). The van der Waals surface area contributed by atoms with Crippen LogP contribution in [-0.4, -0.2) is 51.9 Å². The highest BCUT2D eigenvalue weighted by molar-refractivity contribution is 7.80. The Kier molecular flexibility index (Phi) is 13.5. The fourth-order valence-corrected chi connectivity index (χ4v) is 4.75. The molecule has 0 saturated heterocycles. The number of aromatic hydroxyl groups is 1. The minimum Gasteiger partial charge on any atom is -0.508 e. The molecular formula is C32H47N3O5S. The maximum atomic E-state index is 14.1. The Labute approximate surface area is 250 Å². The molecule has 0 heterocycles. The van der Waals surface area contributed by atoms with Crippen LogP contribution in [-0.2, 0) is 14.3 Å². The highest BCUT2D eigenvalue weighted by Crippen LogP contribution is 2.29. The van der Waals surface area contributed by atoms with Gasteiger partial charge in [-0.2, -0.15) is 12.6 Å². The fraction of sp³-hybridized carbons (Fsp3) is 0.531. The molecule has 226 valence electrons. The van der Waals surface area contributed by atoms with Crippen molar-refractivity contribution in [3.8, 4) is 5.75 Å². The first-order valence-electron chi connectivity index (χ1n) is 14.4. The van der Waals surface area contributed by atoms with E-state index in [2.05, 4.69) is 30.2 Å². The first kappa shape index (κ1) is 34.0. The molecule has 2 rings (SSSR count). The third-order valence-electron chi connectivity index (χ3n) is 6.71. The van der Waals surface area contributed by atoms with E-state index >= 15 is 0 Å². The van der Waals surface area contributed by atoms with Crippen LogP contribution >= 0.6 is 12.6 Å². The van der Waals surface area contributed by atoms with Crippen LogP contribution in [0, 0.1) is 13.8 Å². The number of rotatable bonds is 14. The summed E-state index contributed by atoms with van der Waals surface area (Å²) < 4.78 is 5.39. The van der Waals surface area contributed by atoms with Crippen molar-refractivity contribution in [1.29, 1.82) is 0 Å². The number of amides is 3. The van der Waals surface area contributed by atoms with Crippen LogP contribution in [0.4, 0.5) is 10.5 Å². The molecule has 0 spiro atoms. The number of unbranched alkanes of at least 4 members (excludes halogenated alkanes) is 5. The van der Waals surface area contributed by atoms with Gasteiger partial charge in [0.15, 0.2) is 0 Å². The molecule has 0 fully saturated rings. The number of aryl methyl sites for hydroxylation is 2. The molecule has 0 aliphatic rings. The van der Waals surface area contributed by atoms with Crippen LogP contribution < -0.4 is 10.6 Å². The van der Waals surface area contributed by atoms with Gasteiger partial charge in [0.05, 0.1) is 0 Å². The van der Waals surface area contributed by atoms with Gasteiger partial charge in [-0.05, 0) is 75.9 Å². The maximum Gasteiger partial charge on any atom is 0.408 e. The smallest absolute Gasteiger partial charge is 0.408 e. The average Bonchev–Trinajstić information content (AvgIpc) is 2.90. The predicted octanol–water partition coefficient (Wildman–Crippen LogP) is 6.70. The Morgan fingerprint density at radius 1 is 0.976 bits per heavy atom. The van der Waals surface area contributed by atoms with Gasteiger partial charge < -0.3 is 25.4 Å². The Morgan fingerprint density at radius 2 is 1.63 bits per heavy atom. The zero-order valence-corrected chi connectivity index (χ0v) is 26.2. The van der Waals surface area contributed by atoms with Crippen molar-refractivity contribution in [2.45, 2.75) is 97.8 Å². The first-order chi connectivity index (χ1) is 19.4. The predicted molar refractivity (Wildman–Crippen MR) is 167 cm³/mol. The lowest BCUT2D eigenvalue weighted by molar-refractivity contribution is -0.140. The minimum absolute atomic E-state index is 0.0197. The van der Waals surface area contributed by atoms with Gasteiger partial charge in [-0.15, -0.1) is 0 Å². The van der Waals surface area contributed by atoms with E-state index in [0.717, 1.165) is 37.7 Å². The summed E-state index contributed by atoms with van der Waals surface area (Å²) in [6.07, 6.45) is 5.27. The summed E-state index contributed by atoms with van der Waals surface area (Å²) in [5.41, 5.74) is 1.92. The van der Waals surface area contributed by atoms with Crippen LogP contribution in [0.2, 0.25) is 0 Å². The number of nitrogens with zero attached hydrogens (tertiary/aromatic N) is 1. The van der Waals surface area contributed by atoms with Crippen molar-refractivity contribution >= 4 is 36.2 Å². The minimum atomic E-state index is -1.01. The second-order valence-electron chi connectivity index (χ2n) is 11.4. The molecule has 3 N–H and O–H groups in total. The summed E-state index contributed by atoms with van der Waals surface area (Å²) in [6, 6.07) is 10.3. The topological polar surface area (TPSA) is 108 Å². The Hall–Kier alpha value is -3.20. The third-order valence-corrected chi connectivity index (χ3v) is 7.07. The molecule has 2 unspecified atom stereocenters. The molecule has 41 heavy (non-hydrogen) atoms. The summed E-state index contributed by atoms with van der Waals surface area (Å²) in [7, 11) is 0. The van der Waals surface area contributed by atoms with Gasteiger partial charge in [0.2, 0.25) is 5.91 Å². The lowest BCUT2D eigenvalue weighted by Gasteiger charge is -2.34. The molecule has 2 atom stereocenters. The molecule has 2 aromatic rings. The monoisotopic (exact) mass is 585 g/mol. The molecular weight excluding hydrogens is 538 g/mol. The highest BCUT2D eigenvalue weighted by Gasteiger charge is 2.36. The largest absolute Gasteiger partial charge is 0.508 e. The van der Waals surface area contributed by atoms with Gasteiger partial charge in [-0.1, -0.05) is 63.3 Å². The first-order valence-corrected chi connectivity index (χ1v) is 15.1. The number of thiol groups is 1. The lowest BCUT2D eigenvalue weighted by atomic mass is 9.99. The van der Waals surface area contributed by atoms with Crippen molar-refractivity contribution in [3.63, 3.8) is 0 Å². The van der Waals surface area contributed by atoms with Gasteiger partial charge in [0.1, 0.15) is 23.4 Å². The number of carbonyl (C=O) groups is 3. The summed E-state index contributed by atoms with van der Waals surface area (Å²) in [4.78, 5) is 42.2. The van der Waals surface area contributed by atoms with Gasteiger partial charge >= 0.3 is 6.09 Å². The van der Waals surface area contributed by atoms with Crippen molar-refractivity contribution < 1.29 is 24.2 Å². The van der Waals surface area contributed by atoms with Crippen molar-refractivity contribution in [3.05, 3.63) is 59.2 Å². The van der Waals surface area contributed by atoms with Crippen LogP contribution in [0.25, 0.3) is 0 Å². The number of hydrogen-bond acceptors (Lipinski definition) is 6. The number of alkyl carbamates (subject to hydrolysis) is 1. The van der Waals surface area contributed by atoms with Crippen molar-refractivity contribution in [1.82, 2.24) is 10.2 Å². The van der Waals surface area contributed by atoms with E-state index in [1.807, 2.05) is 31.2 Å². The summed E-state index contributed by atoms with van der Waals surface area (Å²) in [5.74, 6) is -0.708. The second kappa shape index (κ2) is 16.3. The Bertz CT molecular complexity index is 1160. The lowest BCUT2D eigenvalue weighted by Crippen LogP contribution is -2.53. The van der Waals surface area contributed by atoms with E-state index in [0.29, 0.717) is 29.8 Å². The van der Waals surface area contributed by atoms with E-state index in [-0.39, 0.29) is 17.4 Å². The van der Waals surface area contributed by atoms with Crippen LogP contribution in [0.5, 0.6) is 5.75 Å². The quantitative estimate of drug-likeness (QED) is 0.146. The molecule has 8 nitrogen and oxygen atoms in total. The fourth-order valence-electron chi connectivity index (χ4n) is 4.50. The van der Waals surface area contributed by atoms with Crippen molar-refractivity contribution in [2.24, 2.45) is 0 Å². The van der Waals surface area contributed by atoms with E-state index in [4.69, 9.17) is 4.74 Å². The molecule has 0 aliphatic heterocycles. The van der Waals surface area contributed by atoms with E-state index in [9.17, 15) is 19.5 Å². The number of phenolic OH excluding ortho intramolecular Hbond substituents is 1. The van der Waals surface area contributed by atoms with E-state index in [1.54, 1.807) is 39.8 Å². The molecule has 0 aliphatic carbocycles. The van der Waals surface area contributed by atoms with Gasteiger partial charge in [0, 0.05) is 18.0 Å².